The van der Waals surface area contributed by atoms with Gasteiger partial charge in [0.15, 0.2) is 5.13 Å². The van der Waals surface area contributed by atoms with Crippen molar-refractivity contribution in [3.63, 3.8) is 0 Å². The molecule has 1 aliphatic heterocycles. The number of nitrogens with zero attached hydrogens (tertiary/aromatic N) is 2. The molecular weight excluding hydrogens is 310 g/mol. The SMILES string of the molecule is CC(=O)Nc1nc(C(=O)N2Cc3cccc(Cl)c3C2)cs1. The number of thiazole rings is 1. The Hall–Kier alpha value is -1.92. The molecule has 2 aromatic rings. The zero-order valence-corrected chi connectivity index (χ0v) is 12.8. The summed E-state index contributed by atoms with van der Waals surface area (Å²) in [6.07, 6.45) is 0. The molecule has 0 bridgehead atoms. The Morgan fingerprint density at radius 2 is 2.19 bits per heavy atom. The first-order chi connectivity index (χ1) is 10.0. The van der Waals surface area contributed by atoms with E-state index in [-0.39, 0.29) is 11.8 Å². The van der Waals surface area contributed by atoms with Crippen molar-refractivity contribution in [2.24, 2.45) is 0 Å². The van der Waals surface area contributed by atoms with Gasteiger partial charge in [0.2, 0.25) is 5.91 Å². The molecule has 0 atom stereocenters. The maximum Gasteiger partial charge on any atom is 0.274 e. The number of carbonyl (C=O) groups is 2. The number of anilines is 1. The standard InChI is InChI=1S/C14H12ClN3O2S/c1-8(19)16-14-17-12(7-21-14)13(20)18-5-9-3-2-4-11(15)10(9)6-18/h2-4,7H,5-6H2,1H3,(H,16,17,19). The Balaban J connectivity index is 1.77. The van der Waals surface area contributed by atoms with Crippen molar-refractivity contribution in [3.05, 3.63) is 45.4 Å². The fraction of sp³-hybridized carbons (Fsp3) is 0.214. The van der Waals surface area contributed by atoms with Crippen molar-refractivity contribution in [3.8, 4) is 0 Å². The van der Waals surface area contributed by atoms with Crippen LogP contribution in [0, 0.1) is 0 Å². The minimum absolute atomic E-state index is 0.157. The van der Waals surface area contributed by atoms with Gasteiger partial charge < -0.3 is 10.2 Å². The Morgan fingerprint density at radius 3 is 2.90 bits per heavy atom. The number of hydrogen-bond acceptors (Lipinski definition) is 4. The van der Waals surface area contributed by atoms with E-state index < -0.39 is 0 Å². The predicted molar refractivity (Wildman–Crippen MR) is 81.4 cm³/mol. The molecule has 2 heterocycles. The minimum Gasteiger partial charge on any atom is -0.329 e. The second-order valence-corrected chi connectivity index (χ2v) is 6.02. The molecule has 5 nitrogen and oxygen atoms in total. The quantitative estimate of drug-likeness (QED) is 0.925. The number of nitrogens with one attached hydrogen (secondary N) is 1. The summed E-state index contributed by atoms with van der Waals surface area (Å²) in [6, 6.07) is 5.68. The van der Waals surface area contributed by atoms with E-state index in [1.54, 1.807) is 10.3 Å². The van der Waals surface area contributed by atoms with Gasteiger partial charge in [-0.3, -0.25) is 9.59 Å². The molecule has 21 heavy (non-hydrogen) atoms. The largest absolute Gasteiger partial charge is 0.329 e. The Kier molecular flexibility index (Phi) is 3.65. The van der Waals surface area contributed by atoms with Crippen LogP contribution in [0.3, 0.4) is 0 Å². The molecule has 1 aromatic carbocycles. The highest BCUT2D eigenvalue weighted by Crippen LogP contribution is 2.30. The number of amides is 2. The topological polar surface area (TPSA) is 62.3 Å². The number of carbonyl (C=O) groups excluding carboxylic acids is 2. The van der Waals surface area contributed by atoms with E-state index in [2.05, 4.69) is 10.3 Å². The summed E-state index contributed by atoms with van der Waals surface area (Å²) in [6.45, 7) is 2.42. The van der Waals surface area contributed by atoms with E-state index in [0.717, 1.165) is 11.1 Å². The summed E-state index contributed by atoms with van der Waals surface area (Å²) in [5.74, 6) is -0.362. The van der Waals surface area contributed by atoms with Crippen LogP contribution in [0.4, 0.5) is 5.13 Å². The Bertz CT molecular complexity index is 729. The van der Waals surface area contributed by atoms with E-state index in [1.165, 1.54) is 18.3 Å². The van der Waals surface area contributed by atoms with Crippen molar-refractivity contribution in [1.82, 2.24) is 9.88 Å². The minimum atomic E-state index is -0.205. The molecule has 0 fully saturated rings. The van der Waals surface area contributed by atoms with Crippen LogP contribution in [-0.2, 0) is 17.9 Å². The van der Waals surface area contributed by atoms with E-state index in [0.29, 0.717) is 28.9 Å². The third-order valence-corrected chi connectivity index (χ3v) is 4.33. The van der Waals surface area contributed by atoms with Crippen LogP contribution in [0.25, 0.3) is 0 Å². The Morgan fingerprint density at radius 1 is 1.38 bits per heavy atom. The normalized spacial score (nSPS) is 13.1. The van der Waals surface area contributed by atoms with Gasteiger partial charge in [0.1, 0.15) is 5.69 Å². The van der Waals surface area contributed by atoms with E-state index >= 15 is 0 Å². The summed E-state index contributed by atoms with van der Waals surface area (Å²) in [7, 11) is 0. The van der Waals surface area contributed by atoms with E-state index in [4.69, 9.17) is 11.6 Å². The van der Waals surface area contributed by atoms with Crippen LogP contribution >= 0.6 is 22.9 Å². The first-order valence-electron chi connectivity index (χ1n) is 6.33. The second-order valence-electron chi connectivity index (χ2n) is 4.76. The summed E-state index contributed by atoms with van der Waals surface area (Å²) >= 11 is 7.38. The third kappa shape index (κ3) is 2.77. The summed E-state index contributed by atoms with van der Waals surface area (Å²) < 4.78 is 0. The second kappa shape index (κ2) is 5.46. The molecule has 1 N–H and O–H groups in total. The molecule has 0 saturated heterocycles. The highest BCUT2D eigenvalue weighted by atomic mass is 35.5. The molecule has 3 rings (SSSR count). The monoisotopic (exact) mass is 321 g/mol. The summed E-state index contributed by atoms with van der Waals surface area (Å²) in [5, 5.41) is 5.34. The molecule has 2 amide bonds. The molecule has 0 radical (unpaired) electrons. The predicted octanol–water partition coefficient (Wildman–Crippen LogP) is 2.91. The van der Waals surface area contributed by atoms with Crippen LogP contribution in [0.1, 0.15) is 28.5 Å². The van der Waals surface area contributed by atoms with Crippen molar-refractivity contribution in [2.45, 2.75) is 20.0 Å². The maximum atomic E-state index is 12.4. The number of benzene rings is 1. The lowest BCUT2D eigenvalue weighted by atomic mass is 10.1. The van der Waals surface area contributed by atoms with Gasteiger partial charge in [-0.15, -0.1) is 11.3 Å². The van der Waals surface area contributed by atoms with Crippen LogP contribution in [0.5, 0.6) is 0 Å². The van der Waals surface area contributed by atoms with Crippen molar-refractivity contribution >= 4 is 39.9 Å². The highest BCUT2D eigenvalue weighted by molar-refractivity contribution is 7.14. The maximum absolute atomic E-state index is 12.4. The van der Waals surface area contributed by atoms with Gasteiger partial charge >= 0.3 is 0 Å². The number of aromatic nitrogens is 1. The zero-order chi connectivity index (χ0) is 15.0. The highest BCUT2D eigenvalue weighted by Gasteiger charge is 2.27. The van der Waals surface area contributed by atoms with Crippen LogP contribution in [0.15, 0.2) is 23.6 Å². The van der Waals surface area contributed by atoms with Gasteiger partial charge in [0.25, 0.3) is 5.91 Å². The summed E-state index contributed by atoms with van der Waals surface area (Å²) in [5.41, 5.74) is 2.39. The zero-order valence-electron chi connectivity index (χ0n) is 11.2. The lowest BCUT2D eigenvalue weighted by molar-refractivity contribution is -0.114. The average molecular weight is 322 g/mol. The van der Waals surface area contributed by atoms with Crippen molar-refractivity contribution in [1.29, 1.82) is 0 Å². The molecule has 108 valence electrons. The first-order valence-corrected chi connectivity index (χ1v) is 7.59. The fourth-order valence-electron chi connectivity index (χ4n) is 2.27. The first kappa shape index (κ1) is 14.0. The van der Waals surface area contributed by atoms with Crippen LogP contribution in [-0.4, -0.2) is 21.7 Å². The molecular formula is C14H12ClN3O2S. The number of hydrogen-bond donors (Lipinski definition) is 1. The van der Waals surface area contributed by atoms with Crippen molar-refractivity contribution in [2.75, 3.05) is 5.32 Å². The Labute approximate surface area is 130 Å². The molecule has 0 aliphatic carbocycles. The molecule has 7 heteroatoms. The lowest BCUT2D eigenvalue weighted by Gasteiger charge is -2.13. The fourth-order valence-corrected chi connectivity index (χ4v) is 3.25. The number of fused-ring (bicyclic) bond motifs is 1. The van der Waals surface area contributed by atoms with E-state index in [9.17, 15) is 9.59 Å². The number of halogens is 1. The van der Waals surface area contributed by atoms with Crippen molar-refractivity contribution < 1.29 is 9.59 Å². The smallest absolute Gasteiger partial charge is 0.274 e. The van der Waals surface area contributed by atoms with Gasteiger partial charge in [0.05, 0.1) is 0 Å². The van der Waals surface area contributed by atoms with Gasteiger partial charge in [-0.2, -0.15) is 0 Å². The average Bonchev–Trinajstić information content (AvgIpc) is 3.04. The van der Waals surface area contributed by atoms with Gasteiger partial charge in [0, 0.05) is 30.4 Å². The molecule has 1 aromatic heterocycles. The molecule has 0 saturated carbocycles. The van der Waals surface area contributed by atoms with Gasteiger partial charge in [-0.25, -0.2) is 4.98 Å². The number of rotatable bonds is 2. The lowest BCUT2D eigenvalue weighted by Crippen LogP contribution is -2.25. The van der Waals surface area contributed by atoms with Gasteiger partial charge in [-0.05, 0) is 17.2 Å². The van der Waals surface area contributed by atoms with Gasteiger partial charge in [-0.1, -0.05) is 23.7 Å². The third-order valence-electron chi connectivity index (χ3n) is 3.22. The molecule has 1 aliphatic rings. The van der Waals surface area contributed by atoms with E-state index in [1.807, 2.05) is 18.2 Å². The molecule has 0 unspecified atom stereocenters. The van der Waals surface area contributed by atoms with Crippen LogP contribution in [0.2, 0.25) is 5.02 Å². The summed E-state index contributed by atoms with van der Waals surface area (Å²) in [4.78, 5) is 29.3. The van der Waals surface area contributed by atoms with Crippen LogP contribution < -0.4 is 5.32 Å². The molecule has 0 spiro atoms.